The first-order valence-electron chi connectivity index (χ1n) is 11.8. The van der Waals surface area contributed by atoms with Crippen LogP contribution < -0.4 is 32.7 Å². The molecule has 0 saturated carbocycles. The van der Waals surface area contributed by atoms with E-state index in [2.05, 4.69) is 21.3 Å². The summed E-state index contributed by atoms with van der Waals surface area (Å²) in [6.45, 7) is 0.438. The highest BCUT2D eigenvalue weighted by molar-refractivity contribution is 8.00. The number of nitrogens with one attached hydrogen (secondary N) is 4. The molecule has 1 fully saturated rings. The van der Waals surface area contributed by atoms with Gasteiger partial charge in [-0.05, 0) is 31.0 Å². The number of nitrogens with two attached hydrogens (primary N) is 2. The Kier molecular flexibility index (Phi) is 11.5. The van der Waals surface area contributed by atoms with Gasteiger partial charge in [-0.1, -0.05) is 12.1 Å². The number of primary amides is 1. The van der Waals surface area contributed by atoms with Gasteiger partial charge in [0.1, 0.15) is 29.1 Å². The lowest BCUT2D eigenvalue weighted by atomic mass is 10.0. The summed E-state index contributed by atoms with van der Waals surface area (Å²) >= 11 is 0.744. The Hall–Kier alpha value is -3.89. The maximum absolute atomic E-state index is 13.2. The second kappa shape index (κ2) is 14.3. The van der Waals surface area contributed by atoms with E-state index in [0.717, 1.165) is 11.8 Å². The van der Waals surface area contributed by atoms with E-state index in [1.807, 2.05) is 0 Å². The molecular weight excluding hydrogens is 536 g/mol. The zero-order valence-corrected chi connectivity index (χ0v) is 21.8. The molecular formula is C23H32N6O9S. The Labute approximate surface area is 227 Å². The van der Waals surface area contributed by atoms with Crippen molar-refractivity contribution in [2.45, 2.75) is 55.2 Å². The number of hydrogen-bond acceptors (Lipinski definition) is 10. The van der Waals surface area contributed by atoms with E-state index in [0.29, 0.717) is 5.56 Å². The summed E-state index contributed by atoms with van der Waals surface area (Å²) in [5.74, 6) is -6.16. The number of aliphatic hydroxyl groups is 1. The molecule has 1 heterocycles. The van der Waals surface area contributed by atoms with Gasteiger partial charge in [0.15, 0.2) is 0 Å². The van der Waals surface area contributed by atoms with E-state index in [1.54, 1.807) is 0 Å². The van der Waals surface area contributed by atoms with Crippen LogP contribution in [0.5, 0.6) is 5.75 Å². The maximum atomic E-state index is 13.2. The quantitative estimate of drug-likeness (QED) is 0.161. The van der Waals surface area contributed by atoms with Crippen molar-refractivity contribution in [1.82, 2.24) is 21.3 Å². The van der Waals surface area contributed by atoms with Gasteiger partial charge in [-0.3, -0.25) is 28.8 Å². The number of carboxylic acids is 1. The van der Waals surface area contributed by atoms with E-state index < -0.39 is 84.0 Å². The third-order valence-corrected chi connectivity index (χ3v) is 7.17. The molecule has 6 atom stereocenters. The van der Waals surface area contributed by atoms with Gasteiger partial charge in [-0.2, -0.15) is 0 Å². The highest BCUT2D eigenvalue weighted by Crippen LogP contribution is 2.21. The van der Waals surface area contributed by atoms with Crippen LogP contribution in [0.1, 0.15) is 18.9 Å². The Bertz CT molecular complexity index is 1090. The summed E-state index contributed by atoms with van der Waals surface area (Å²) in [5.41, 5.74) is 11.7. The van der Waals surface area contributed by atoms with E-state index in [-0.39, 0.29) is 17.9 Å². The minimum Gasteiger partial charge on any atom is -0.508 e. The summed E-state index contributed by atoms with van der Waals surface area (Å²) in [7, 11) is 0. The van der Waals surface area contributed by atoms with Crippen LogP contribution in [0.3, 0.4) is 0 Å². The number of rotatable bonds is 6. The van der Waals surface area contributed by atoms with Gasteiger partial charge < -0.3 is 48.1 Å². The summed E-state index contributed by atoms with van der Waals surface area (Å²) < 4.78 is 0. The van der Waals surface area contributed by atoms with Crippen molar-refractivity contribution in [3.63, 3.8) is 0 Å². The van der Waals surface area contributed by atoms with Crippen LogP contribution in [0, 0.1) is 0 Å². The molecule has 0 aliphatic carbocycles. The predicted octanol–water partition coefficient (Wildman–Crippen LogP) is -3.71. The monoisotopic (exact) mass is 568 g/mol. The maximum Gasteiger partial charge on any atom is 0.318 e. The lowest BCUT2D eigenvalue weighted by Gasteiger charge is -2.29. The second-order valence-corrected chi connectivity index (χ2v) is 10.1. The zero-order valence-electron chi connectivity index (χ0n) is 21.0. The fraction of sp³-hybridized carbons (Fsp3) is 0.478. The Morgan fingerprint density at radius 1 is 0.949 bits per heavy atom. The van der Waals surface area contributed by atoms with Crippen LogP contribution in [-0.4, -0.2) is 98.6 Å². The number of phenolic OH excluding ortho intramolecular Hbond substituents is 1. The molecule has 1 aromatic carbocycles. The number of amides is 5. The number of hydrogen-bond donors (Lipinski definition) is 9. The molecule has 39 heavy (non-hydrogen) atoms. The molecule has 1 aliphatic rings. The van der Waals surface area contributed by atoms with Crippen molar-refractivity contribution in [2.24, 2.45) is 11.5 Å². The Morgan fingerprint density at radius 3 is 2.10 bits per heavy atom. The number of thioether (sulfide) groups is 1. The van der Waals surface area contributed by atoms with Crippen LogP contribution in [0.15, 0.2) is 24.3 Å². The van der Waals surface area contributed by atoms with Gasteiger partial charge in [0.05, 0.1) is 25.1 Å². The standard InChI is InChI=1S/C23H32N6O9S/c1-10-19(33)28-15(7-17(25)32)21(35)27-14(6-11-2-4-12(31)5-3-11)18(23(37)38)39-9-13(24)20(34)29-16(8-30)22(36)26-10/h2-5,10,13-16,18,30-31H,6-9,24H2,1H3,(H2,25,32)(H,26,36)(H,27,35)(H,28,33)(H,29,34)(H,37,38)/t10?,13-,14?,15?,16?,18?/m0/s1. The van der Waals surface area contributed by atoms with Gasteiger partial charge in [-0.25, -0.2) is 0 Å². The molecule has 11 N–H and O–H groups in total. The van der Waals surface area contributed by atoms with E-state index in [4.69, 9.17) is 11.5 Å². The van der Waals surface area contributed by atoms with Gasteiger partial charge in [0.2, 0.25) is 29.5 Å². The van der Waals surface area contributed by atoms with Gasteiger partial charge >= 0.3 is 5.97 Å². The van der Waals surface area contributed by atoms with Crippen molar-refractivity contribution >= 4 is 47.3 Å². The topological polar surface area (TPSA) is 263 Å². The lowest BCUT2D eigenvalue weighted by molar-refractivity contribution is -0.138. The minimum absolute atomic E-state index is 0.0337. The summed E-state index contributed by atoms with van der Waals surface area (Å²) in [6, 6.07) is -0.918. The Balaban J connectivity index is 2.48. The first-order valence-corrected chi connectivity index (χ1v) is 12.9. The molecule has 15 nitrogen and oxygen atoms in total. The molecule has 214 valence electrons. The number of aliphatic hydroxyl groups excluding tert-OH is 1. The first kappa shape index (κ1) is 31.3. The Morgan fingerprint density at radius 2 is 1.54 bits per heavy atom. The second-order valence-electron chi connectivity index (χ2n) is 8.89. The molecule has 0 spiro atoms. The smallest absolute Gasteiger partial charge is 0.318 e. The number of phenols is 1. The van der Waals surface area contributed by atoms with E-state index in [1.165, 1.54) is 31.2 Å². The molecule has 0 bridgehead atoms. The molecule has 5 amide bonds. The average Bonchev–Trinajstić information content (AvgIpc) is 2.86. The zero-order chi connectivity index (χ0) is 29.3. The number of aliphatic carboxylic acids is 1. The van der Waals surface area contributed by atoms with Crippen molar-refractivity contribution in [2.75, 3.05) is 12.4 Å². The van der Waals surface area contributed by atoms with E-state index in [9.17, 15) is 44.1 Å². The van der Waals surface area contributed by atoms with Gasteiger partial charge in [0.25, 0.3) is 0 Å². The average molecular weight is 569 g/mol. The van der Waals surface area contributed by atoms with E-state index >= 15 is 0 Å². The van der Waals surface area contributed by atoms with Gasteiger partial charge in [0, 0.05) is 5.75 Å². The normalized spacial score (nSPS) is 27.5. The lowest BCUT2D eigenvalue weighted by Crippen LogP contribution is -2.60. The molecule has 1 saturated heterocycles. The predicted molar refractivity (Wildman–Crippen MR) is 138 cm³/mol. The molecule has 2 rings (SSSR count). The molecule has 1 aliphatic heterocycles. The van der Waals surface area contributed by atoms with Crippen molar-refractivity contribution in [1.29, 1.82) is 0 Å². The van der Waals surface area contributed by atoms with Crippen LogP contribution in [-0.2, 0) is 35.2 Å². The summed E-state index contributed by atoms with van der Waals surface area (Å²) in [6.07, 6.45) is -0.678. The van der Waals surface area contributed by atoms with Crippen molar-refractivity contribution in [3.05, 3.63) is 29.8 Å². The molecule has 5 unspecified atom stereocenters. The fourth-order valence-corrected chi connectivity index (χ4v) is 4.71. The number of carboxylic acid groups (broad SMARTS) is 1. The van der Waals surface area contributed by atoms with Crippen molar-refractivity contribution < 1.29 is 44.1 Å². The minimum atomic E-state index is -1.51. The molecule has 16 heteroatoms. The molecule has 0 radical (unpaired) electrons. The first-order chi connectivity index (χ1) is 18.3. The highest BCUT2D eigenvalue weighted by Gasteiger charge is 2.35. The number of benzene rings is 1. The van der Waals surface area contributed by atoms with Crippen LogP contribution in [0.4, 0.5) is 0 Å². The van der Waals surface area contributed by atoms with Crippen LogP contribution in [0.25, 0.3) is 0 Å². The number of carbonyl (C=O) groups is 6. The largest absolute Gasteiger partial charge is 0.508 e. The number of aromatic hydroxyl groups is 1. The van der Waals surface area contributed by atoms with Crippen LogP contribution in [0.2, 0.25) is 0 Å². The molecule has 0 aromatic heterocycles. The summed E-state index contributed by atoms with van der Waals surface area (Å²) in [4.78, 5) is 74.9. The summed E-state index contributed by atoms with van der Waals surface area (Å²) in [5, 5.41) is 37.1. The number of carbonyl (C=O) groups excluding carboxylic acids is 5. The molecule has 1 aromatic rings. The van der Waals surface area contributed by atoms with Gasteiger partial charge in [-0.15, -0.1) is 11.8 Å². The fourth-order valence-electron chi connectivity index (χ4n) is 3.61. The SMILES string of the molecule is CC1NC(=O)C(CO)NC(=O)[C@@H](N)CSC(C(=O)O)C(Cc2ccc(O)cc2)NC(=O)C(CC(N)=O)NC1=O. The third kappa shape index (κ3) is 9.42. The van der Waals surface area contributed by atoms with Crippen LogP contribution >= 0.6 is 11.8 Å². The third-order valence-electron chi connectivity index (χ3n) is 5.73. The highest BCUT2D eigenvalue weighted by atomic mass is 32.2. The van der Waals surface area contributed by atoms with Crippen molar-refractivity contribution in [3.8, 4) is 5.75 Å².